The van der Waals surface area contributed by atoms with E-state index in [0.29, 0.717) is 0 Å². The number of hydrogen-bond acceptors (Lipinski definition) is 0. The van der Waals surface area contributed by atoms with Gasteiger partial charge >= 0.3 is 0 Å². The van der Waals surface area contributed by atoms with Crippen molar-refractivity contribution >= 4 is 0 Å². The van der Waals surface area contributed by atoms with Crippen LogP contribution in [0, 0.1) is 0 Å². The summed E-state index contributed by atoms with van der Waals surface area (Å²) in [5, 5.41) is 0. The monoisotopic (exact) mass is 316 g/mol. The molecule has 0 spiro atoms. The van der Waals surface area contributed by atoms with E-state index in [-0.39, 0.29) is 0 Å². The molecule has 0 aliphatic heterocycles. The van der Waals surface area contributed by atoms with Gasteiger partial charge in [0.25, 0.3) is 0 Å². The van der Waals surface area contributed by atoms with Crippen molar-refractivity contribution in [3.05, 3.63) is 120 Å². The Labute approximate surface area is 147 Å². The van der Waals surface area contributed by atoms with Gasteiger partial charge in [0.2, 0.25) is 0 Å². The quantitative estimate of drug-likeness (QED) is 0.519. The zero-order valence-corrected chi connectivity index (χ0v) is 14.9. The molecular weight excluding hydrogens is 288 g/mol. The first-order valence-corrected chi connectivity index (χ1v) is 8.41. The highest BCUT2D eigenvalue weighted by atomic mass is 13.9. The summed E-state index contributed by atoms with van der Waals surface area (Å²) in [7, 11) is 0. The molecule has 2 aromatic rings. The van der Waals surface area contributed by atoms with Crippen molar-refractivity contribution in [2.45, 2.75) is 26.7 Å². The molecule has 124 valence electrons. The average molecular weight is 316 g/mol. The summed E-state index contributed by atoms with van der Waals surface area (Å²) in [5.74, 6) is 0. The van der Waals surface area contributed by atoms with Crippen LogP contribution in [-0.4, -0.2) is 0 Å². The number of rotatable bonds is 6. The van der Waals surface area contributed by atoms with Crippen LogP contribution in [0.5, 0.6) is 0 Å². The Bertz CT molecular complexity index is 593. The summed E-state index contributed by atoms with van der Waals surface area (Å²) < 4.78 is 0. The molecule has 0 fully saturated rings. The Morgan fingerprint density at radius 2 is 1.21 bits per heavy atom. The van der Waals surface area contributed by atoms with Crippen molar-refractivity contribution in [2.75, 3.05) is 0 Å². The van der Waals surface area contributed by atoms with E-state index in [1.165, 1.54) is 16.7 Å². The van der Waals surface area contributed by atoms with E-state index in [1.807, 2.05) is 38.1 Å². The molecule has 0 nitrogen and oxygen atoms in total. The van der Waals surface area contributed by atoms with E-state index >= 15 is 0 Å². The molecule has 0 radical (unpaired) electrons. The van der Waals surface area contributed by atoms with Gasteiger partial charge in [-0.15, -0.1) is 0 Å². The summed E-state index contributed by atoms with van der Waals surface area (Å²) >= 11 is 0. The van der Waals surface area contributed by atoms with E-state index in [1.54, 1.807) is 0 Å². The molecule has 0 unspecified atom stereocenters. The Morgan fingerprint density at radius 1 is 0.792 bits per heavy atom. The smallest absolute Gasteiger partial charge is 0.00943 e. The van der Waals surface area contributed by atoms with Crippen molar-refractivity contribution in [1.82, 2.24) is 0 Å². The molecule has 2 rings (SSSR count). The van der Waals surface area contributed by atoms with Gasteiger partial charge in [-0.3, -0.25) is 0 Å². The predicted octanol–water partition coefficient (Wildman–Crippen LogP) is 6.72. The van der Waals surface area contributed by atoms with Crippen LogP contribution in [0.15, 0.2) is 109 Å². The molecule has 0 bridgehead atoms. The Kier molecular flexibility index (Phi) is 10.4. The SMILES string of the molecule is C(/C=C/Cc1ccccc1)=C\Cc1ccccc1.C=C/C(C)=C/C. The number of hydrogen-bond donors (Lipinski definition) is 0. The van der Waals surface area contributed by atoms with Crippen molar-refractivity contribution < 1.29 is 0 Å². The molecule has 0 amide bonds. The fraction of sp³-hybridized carbons (Fsp3) is 0.167. The van der Waals surface area contributed by atoms with Crippen LogP contribution in [0.3, 0.4) is 0 Å². The molecule has 0 N–H and O–H groups in total. The lowest BCUT2D eigenvalue weighted by Crippen LogP contribution is -1.78. The molecular formula is C24H28. The first kappa shape index (κ1) is 19.4. The second kappa shape index (κ2) is 12.9. The lowest BCUT2D eigenvalue weighted by molar-refractivity contribution is 1.26. The van der Waals surface area contributed by atoms with E-state index in [4.69, 9.17) is 0 Å². The zero-order valence-electron chi connectivity index (χ0n) is 14.9. The zero-order chi connectivity index (χ0) is 17.5. The van der Waals surface area contributed by atoms with Crippen LogP contribution in [0.1, 0.15) is 25.0 Å². The van der Waals surface area contributed by atoms with Gasteiger partial charge in [0.15, 0.2) is 0 Å². The average Bonchev–Trinajstić information content (AvgIpc) is 2.66. The van der Waals surface area contributed by atoms with Crippen molar-refractivity contribution in [3.8, 4) is 0 Å². The lowest BCUT2D eigenvalue weighted by Gasteiger charge is -1.94. The van der Waals surface area contributed by atoms with Crippen LogP contribution >= 0.6 is 0 Å². The first-order valence-electron chi connectivity index (χ1n) is 8.41. The van der Waals surface area contributed by atoms with Gasteiger partial charge in [0.1, 0.15) is 0 Å². The van der Waals surface area contributed by atoms with Crippen molar-refractivity contribution in [1.29, 1.82) is 0 Å². The second-order valence-corrected chi connectivity index (χ2v) is 5.47. The van der Waals surface area contributed by atoms with Crippen LogP contribution in [-0.2, 0) is 12.8 Å². The minimum absolute atomic E-state index is 0.997. The topological polar surface area (TPSA) is 0 Å². The van der Waals surface area contributed by atoms with E-state index in [9.17, 15) is 0 Å². The maximum Gasteiger partial charge on any atom is -0.00943 e. The first-order chi connectivity index (χ1) is 11.8. The summed E-state index contributed by atoms with van der Waals surface area (Å²) in [6.45, 7) is 7.58. The number of allylic oxidation sites excluding steroid dienone is 7. The van der Waals surface area contributed by atoms with Gasteiger partial charge in [-0.05, 0) is 37.8 Å². The summed E-state index contributed by atoms with van der Waals surface area (Å²) in [6.07, 6.45) is 14.5. The fourth-order valence-electron chi connectivity index (χ4n) is 1.91. The molecule has 0 saturated carbocycles. The molecule has 0 aromatic heterocycles. The van der Waals surface area contributed by atoms with Crippen molar-refractivity contribution in [2.24, 2.45) is 0 Å². The highest BCUT2D eigenvalue weighted by Gasteiger charge is 1.85. The highest BCUT2D eigenvalue weighted by molar-refractivity contribution is 5.21. The molecule has 0 aliphatic carbocycles. The van der Waals surface area contributed by atoms with Gasteiger partial charge in [0, 0.05) is 0 Å². The third-order valence-electron chi connectivity index (χ3n) is 3.55. The molecule has 0 heterocycles. The van der Waals surface area contributed by atoms with Gasteiger partial charge in [0.05, 0.1) is 0 Å². The van der Waals surface area contributed by atoms with E-state index in [0.717, 1.165) is 12.8 Å². The van der Waals surface area contributed by atoms with Crippen LogP contribution in [0.2, 0.25) is 0 Å². The minimum atomic E-state index is 0.997. The van der Waals surface area contributed by atoms with Gasteiger partial charge in [-0.25, -0.2) is 0 Å². The normalized spacial score (nSPS) is 11.3. The molecule has 2 aromatic carbocycles. The summed E-state index contributed by atoms with van der Waals surface area (Å²) in [4.78, 5) is 0. The fourth-order valence-corrected chi connectivity index (χ4v) is 1.91. The van der Waals surface area contributed by atoms with Crippen molar-refractivity contribution in [3.63, 3.8) is 0 Å². The summed E-state index contributed by atoms with van der Waals surface area (Å²) in [5.41, 5.74) is 3.94. The van der Waals surface area contributed by atoms with Gasteiger partial charge < -0.3 is 0 Å². The van der Waals surface area contributed by atoms with Crippen LogP contribution < -0.4 is 0 Å². The Hall–Kier alpha value is -2.60. The van der Waals surface area contributed by atoms with Gasteiger partial charge in [-0.2, -0.15) is 0 Å². The van der Waals surface area contributed by atoms with Crippen LogP contribution in [0.25, 0.3) is 0 Å². The highest BCUT2D eigenvalue weighted by Crippen LogP contribution is 2.02. The molecule has 0 aliphatic rings. The maximum atomic E-state index is 3.56. The second-order valence-electron chi connectivity index (χ2n) is 5.47. The third-order valence-corrected chi connectivity index (χ3v) is 3.55. The standard InChI is InChI=1S/C18H18.C6H10/c1(5-11-17-13-7-3-8-14-17)2-6-12-18-15-9-4-10-16-18;1-4-6(3)5-2/h1-10,13-16H,11-12H2;4-5H,1H2,2-3H3/b5-1+,6-2+;6-5+. The number of benzene rings is 2. The Morgan fingerprint density at radius 3 is 1.50 bits per heavy atom. The Balaban J connectivity index is 0.000000413. The van der Waals surface area contributed by atoms with Gasteiger partial charge in [-0.1, -0.05) is 109 Å². The maximum absolute atomic E-state index is 3.56. The lowest BCUT2D eigenvalue weighted by atomic mass is 10.1. The molecule has 0 saturated heterocycles. The van der Waals surface area contributed by atoms with E-state index in [2.05, 4.69) is 79.4 Å². The molecule has 0 atom stereocenters. The predicted molar refractivity (Wildman–Crippen MR) is 108 cm³/mol. The molecule has 0 heteroatoms. The third kappa shape index (κ3) is 9.42. The summed E-state index contributed by atoms with van der Waals surface area (Å²) in [6, 6.07) is 21.0. The molecule has 24 heavy (non-hydrogen) atoms. The largest absolute Gasteiger partial charge is 0.0988 e. The van der Waals surface area contributed by atoms with E-state index < -0.39 is 0 Å². The minimum Gasteiger partial charge on any atom is -0.0988 e. The van der Waals surface area contributed by atoms with Crippen LogP contribution in [0.4, 0.5) is 0 Å².